The van der Waals surface area contributed by atoms with E-state index in [1.807, 2.05) is 18.2 Å². The molecule has 0 N–H and O–H groups in total. The Kier molecular flexibility index (Phi) is 7.14. The first-order valence-corrected chi connectivity index (χ1v) is 18.5. The van der Waals surface area contributed by atoms with Crippen molar-refractivity contribution >= 4 is 54.3 Å². The number of rotatable bonds is 5. The highest BCUT2D eigenvalue weighted by molar-refractivity contribution is 6.15. The van der Waals surface area contributed by atoms with Gasteiger partial charge in [0, 0.05) is 27.5 Å². The van der Waals surface area contributed by atoms with E-state index < -0.39 is 0 Å². The lowest BCUT2D eigenvalue weighted by molar-refractivity contribution is 0.669. The molecule has 2 heterocycles. The topological polar surface area (TPSA) is 51.8 Å². The van der Waals surface area contributed by atoms with Crippen LogP contribution in [-0.4, -0.2) is 15.0 Å². The zero-order chi connectivity index (χ0) is 36.3. The lowest BCUT2D eigenvalue weighted by Gasteiger charge is -2.13. The summed E-state index contributed by atoms with van der Waals surface area (Å²) in [6, 6.07) is 65.8. The molecule has 0 saturated heterocycles. The zero-order valence-electron chi connectivity index (χ0n) is 29.6. The van der Waals surface area contributed by atoms with Gasteiger partial charge in [-0.25, -0.2) is 15.0 Å². The number of fused-ring (bicyclic) bond motifs is 7. The number of hydrogen-bond donors (Lipinski definition) is 0. The molecule has 9 aromatic carbocycles. The number of furan rings is 1. The van der Waals surface area contributed by atoms with Gasteiger partial charge < -0.3 is 4.42 Å². The number of hydrogen-bond acceptors (Lipinski definition) is 4. The van der Waals surface area contributed by atoms with Gasteiger partial charge in [-0.15, -0.1) is 0 Å². The fourth-order valence-electron chi connectivity index (χ4n) is 8.02. The molecule has 0 amide bonds. The molecule has 55 heavy (non-hydrogen) atoms. The second-order valence-electron chi connectivity index (χ2n) is 14.0. The maximum atomic E-state index is 6.51. The molecule has 0 unspecified atom stereocenters. The number of nitrogens with zero attached hydrogens (tertiary/aromatic N) is 3. The Morgan fingerprint density at radius 2 is 0.873 bits per heavy atom. The molecule has 0 bridgehead atoms. The summed E-state index contributed by atoms with van der Waals surface area (Å²) in [6.07, 6.45) is 0. The smallest absolute Gasteiger partial charge is 0.164 e. The fraction of sp³-hybridized carbons (Fsp3) is 0. The molecule has 0 fully saturated rings. The quantitative estimate of drug-likeness (QED) is 0.168. The van der Waals surface area contributed by atoms with Crippen molar-refractivity contribution in [2.24, 2.45) is 0 Å². The first kappa shape index (κ1) is 31.1. The van der Waals surface area contributed by atoms with E-state index in [9.17, 15) is 0 Å². The molecular weight excluding hydrogens is 671 g/mol. The molecule has 0 radical (unpaired) electrons. The van der Waals surface area contributed by atoms with Gasteiger partial charge in [0.15, 0.2) is 17.5 Å². The first-order valence-electron chi connectivity index (χ1n) is 18.5. The Hall–Kier alpha value is -7.43. The minimum absolute atomic E-state index is 0.596. The summed E-state index contributed by atoms with van der Waals surface area (Å²) in [5.74, 6) is 1.83. The van der Waals surface area contributed by atoms with E-state index in [1.54, 1.807) is 0 Å². The summed E-state index contributed by atoms with van der Waals surface area (Å²) in [5.41, 5.74) is 9.03. The van der Waals surface area contributed by atoms with Gasteiger partial charge in [0.25, 0.3) is 0 Å². The summed E-state index contributed by atoms with van der Waals surface area (Å²) in [4.78, 5) is 15.6. The number of benzene rings is 9. The van der Waals surface area contributed by atoms with Crippen LogP contribution in [0.5, 0.6) is 0 Å². The average Bonchev–Trinajstić information content (AvgIpc) is 3.64. The van der Waals surface area contributed by atoms with Gasteiger partial charge in [-0.05, 0) is 84.9 Å². The van der Waals surface area contributed by atoms with Crippen LogP contribution in [0.1, 0.15) is 0 Å². The summed E-state index contributed by atoms with van der Waals surface area (Å²) in [6.45, 7) is 0. The molecule has 0 aliphatic heterocycles. The number of aromatic nitrogens is 3. The van der Waals surface area contributed by atoms with Crippen molar-refractivity contribution in [1.29, 1.82) is 0 Å². The van der Waals surface area contributed by atoms with Crippen LogP contribution >= 0.6 is 0 Å². The summed E-state index contributed by atoms with van der Waals surface area (Å²) >= 11 is 0. The molecule has 256 valence electrons. The molecular formula is C51H31N3O. The van der Waals surface area contributed by atoms with Crippen molar-refractivity contribution in [2.45, 2.75) is 0 Å². The molecule has 0 saturated carbocycles. The lowest BCUT2D eigenvalue weighted by Crippen LogP contribution is -2.00. The van der Waals surface area contributed by atoms with Gasteiger partial charge in [-0.1, -0.05) is 158 Å². The Morgan fingerprint density at radius 1 is 0.291 bits per heavy atom. The second-order valence-corrected chi connectivity index (χ2v) is 14.0. The normalized spacial score (nSPS) is 11.6. The predicted molar refractivity (Wildman–Crippen MR) is 227 cm³/mol. The van der Waals surface area contributed by atoms with Gasteiger partial charge in [0.2, 0.25) is 0 Å². The van der Waals surface area contributed by atoms with Gasteiger partial charge >= 0.3 is 0 Å². The highest BCUT2D eigenvalue weighted by atomic mass is 16.3. The first-order chi connectivity index (χ1) is 27.2. The van der Waals surface area contributed by atoms with E-state index in [0.717, 1.165) is 60.5 Å². The minimum Gasteiger partial charge on any atom is -0.456 e. The largest absolute Gasteiger partial charge is 0.456 e. The van der Waals surface area contributed by atoms with E-state index in [2.05, 4.69) is 170 Å². The Morgan fingerprint density at radius 3 is 1.69 bits per heavy atom. The van der Waals surface area contributed by atoms with Crippen LogP contribution in [0.25, 0.3) is 111 Å². The predicted octanol–water partition coefficient (Wildman–Crippen LogP) is 13.6. The lowest BCUT2D eigenvalue weighted by atomic mass is 9.93. The van der Waals surface area contributed by atoms with E-state index in [-0.39, 0.29) is 0 Å². The molecule has 0 spiro atoms. The Balaban J connectivity index is 1.11. The third kappa shape index (κ3) is 5.34. The summed E-state index contributed by atoms with van der Waals surface area (Å²) in [7, 11) is 0. The van der Waals surface area contributed by atoms with E-state index in [0.29, 0.717) is 17.5 Å². The van der Waals surface area contributed by atoms with E-state index in [4.69, 9.17) is 19.4 Å². The zero-order valence-corrected chi connectivity index (χ0v) is 29.6. The van der Waals surface area contributed by atoms with Crippen molar-refractivity contribution in [3.63, 3.8) is 0 Å². The van der Waals surface area contributed by atoms with E-state index >= 15 is 0 Å². The highest BCUT2D eigenvalue weighted by Crippen LogP contribution is 2.40. The molecule has 4 heteroatoms. The standard InChI is InChI=1S/C51H31N3O/c1-3-11-32(12-4-1)37-25-28-43-46(31-37)55-45-20-10-19-44(48(43)45)51-53-49(39-24-21-33-13-7-8-16-36(33)29-39)52-50(54-51)40-26-27-42-38(30-40)23-22-35-17-9-18-41(47(35)42)34-14-5-2-6-15-34/h1-31H. The molecule has 11 aromatic rings. The summed E-state index contributed by atoms with van der Waals surface area (Å²) in [5, 5.41) is 9.06. The van der Waals surface area contributed by atoms with Gasteiger partial charge in [0.05, 0.1) is 0 Å². The Bertz CT molecular complexity index is 3260. The second kappa shape index (κ2) is 12.6. The van der Waals surface area contributed by atoms with Crippen molar-refractivity contribution in [3.05, 3.63) is 188 Å². The van der Waals surface area contributed by atoms with Gasteiger partial charge in [-0.2, -0.15) is 0 Å². The van der Waals surface area contributed by atoms with Crippen LogP contribution in [0.4, 0.5) is 0 Å². The molecule has 2 aromatic heterocycles. The molecule has 4 nitrogen and oxygen atoms in total. The monoisotopic (exact) mass is 701 g/mol. The minimum atomic E-state index is 0.596. The summed E-state index contributed by atoms with van der Waals surface area (Å²) < 4.78 is 6.51. The maximum absolute atomic E-state index is 6.51. The van der Waals surface area contributed by atoms with Crippen LogP contribution in [0.2, 0.25) is 0 Å². The van der Waals surface area contributed by atoms with Crippen LogP contribution in [0.3, 0.4) is 0 Å². The molecule has 0 atom stereocenters. The van der Waals surface area contributed by atoms with Crippen LogP contribution < -0.4 is 0 Å². The molecule has 0 aliphatic rings. The highest BCUT2D eigenvalue weighted by Gasteiger charge is 2.19. The average molecular weight is 702 g/mol. The fourth-order valence-corrected chi connectivity index (χ4v) is 8.02. The SMILES string of the molecule is c1ccc(-c2ccc3c(c2)oc2cccc(-c4nc(-c5ccc6ccccc6c5)nc(-c5ccc6c(ccc7cccc(-c8ccccc8)c76)c5)n4)c23)cc1. The van der Waals surface area contributed by atoms with Crippen molar-refractivity contribution in [1.82, 2.24) is 15.0 Å². The molecule has 0 aliphatic carbocycles. The third-order valence-electron chi connectivity index (χ3n) is 10.7. The third-order valence-corrected chi connectivity index (χ3v) is 10.7. The van der Waals surface area contributed by atoms with Gasteiger partial charge in [-0.3, -0.25) is 0 Å². The van der Waals surface area contributed by atoms with Crippen LogP contribution in [-0.2, 0) is 0 Å². The van der Waals surface area contributed by atoms with Crippen LogP contribution in [0, 0.1) is 0 Å². The maximum Gasteiger partial charge on any atom is 0.164 e. The van der Waals surface area contributed by atoms with Crippen molar-refractivity contribution in [3.8, 4) is 56.4 Å². The Labute approximate surface area is 317 Å². The van der Waals surface area contributed by atoms with Crippen LogP contribution in [0.15, 0.2) is 192 Å². The van der Waals surface area contributed by atoms with Crippen molar-refractivity contribution in [2.75, 3.05) is 0 Å². The molecule has 11 rings (SSSR count). The van der Waals surface area contributed by atoms with Gasteiger partial charge in [0.1, 0.15) is 11.2 Å². The van der Waals surface area contributed by atoms with Crippen molar-refractivity contribution < 1.29 is 4.42 Å². The van der Waals surface area contributed by atoms with E-state index in [1.165, 1.54) is 32.7 Å².